The molecule has 1 N–H and O–H groups in total. The van der Waals surface area contributed by atoms with Crippen LogP contribution in [0.15, 0.2) is 18.2 Å². The lowest BCUT2D eigenvalue weighted by Crippen LogP contribution is -2.46. The smallest absolute Gasteiger partial charge is 0.0234 e. The van der Waals surface area contributed by atoms with Crippen LogP contribution in [0.1, 0.15) is 30.0 Å². The van der Waals surface area contributed by atoms with Crippen molar-refractivity contribution in [3.05, 3.63) is 34.9 Å². The lowest BCUT2D eigenvalue weighted by atomic mass is 9.98. The van der Waals surface area contributed by atoms with Gasteiger partial charge in [-0.15, -0.1) is 0 Å². The predicted octanol–water partition coefficient (Wildman–Crippen LogP) is 1.86. The van der Waals surface area contributed by atoms with Gasteiger partial charge in [0.25, 0.3) is 0 Å². The molecule has 3 nitrogen and oxygen atoms in total. The molecule has 0 aromatic heterocycles. The van der Waals surface area contributed by atoms with Crippen LogP contribution in [0, 0.1) is 0 Å². The Bertz CT molecular complexity index is 436. The fourth-order valence-corrected chi connectivity index (χ4v) is 3.38. The maximum Gasteiger partial charge on any atom is 0.0234 e. The first-order valence-corrected chi connectivity index (χ1v) is 8.11. The van der Waals surface area contributed by atoms with Gasteiger partial charge in [-0.3, -0.25) is 4.90 Å². The Balaban J connectivity index is 1.56. The average Bonchev–Trinajstić information content (AvgIpc) is 2.49. The number of benzene rings is 1. The molecule has 1 saturated heterocycles. The second kappa shape index (κ2) is 6.70. The molecule has 0 bridgehead atoms. The Labute approximate surface area is 123 Å². The summed E-state index contributed by atoms with van der Waals surface area (Å²) < 4.78 is 0. The minimum Gasteiger partial charge on any atom is -0.312 e. The Hall–Kier alpha value is -0.900. The normalized spacial score (nSPS) is 20.9. The van der Waals surface area contributed by atoms with E-state index in [1.54, 1.807) is 5.56 Å². The van der Waals surface area contributed by atoms with E-state index in [0.29, 0.717) is 0 Å². The van der Waals surface area contributed by atoms with E-state index < -0.39 is 0 Å². The fourth-order valence-electron chi connectivity index (χ4n) is 3.38. The van der Waals surface area contributed by atoms with Crippen molar-refractivity contribution in [2.75, 3.05) is 39.3 Å². The molecule has 110 valence electrons. The van der Waals surface area contributed by atoms with Crippen LogP contribution >= 0.6 is 0 Å². The molecule has 1 aromatic carbocycles. The Kier molecular flexibility index (Phi) is 4.71. The van der Waals surface area contributed by atoms with Crippen LogP contribution < -0.4 is 5.32 Å². The second-order valence-corrected chi connectivity index (χ2v) is 6.15. The van der Waals surface area contributed by atoms with E-state index in [2.05, 4.69) is 40.2 Å². The first-order chi connectivity index (χ1) is 9.85. The Morgan fingerprint density at radius 2 is 1.85 bits per heavy atom. The number of piperazine rings is 1. The Morgan fingerprint density at radius 3 is 2.65 bits per heavy atom. The van der Waals surface area contributed by atoms with E-state index in [1.165, 1.54) is 56.7 Å². The van der Waals surface area contributed by atoms with Gasteiger partial charge in [0.1, 0.15) is 0 Å². The summed E-state index contributed by atoms with van der Waals surface area (Å²) in [5.41, 5.74) is 4.54. The van der Waals surface area contributed by atoms with Crippen LogP contribution in [0.25, 0.3) is 0 Å². The highest BCUT2D eigenvalue weighted by Crippen LogP contribution is 2.17. The number of hydrogen-bond acceptors (Lipinski definition) is 3. The molecular weight excluding hydrogens is 246 g/mol. The summed E-state index contributed by atoms with van der Waals surface area (Å²) in [7, 11) is 0. The van der Waals surface area contributed by atoms with Gasteiger partial charge in [-0.1, -0.05) is 25.1 Å². The zero-order valence-corrected chi connectivity index (χ0v) is 12.7. The van der Waals surface area contributed by atoms with Crippen LogP contribution in [0.2, 0.25) is 0 Å². The molecule has 1 fully saturated rings. The highest BCUT2D eigenvalue weighted by Gasteiger charge is 2.17. The van der Waals surface area contributed by atoms with Crippen molar-refractivity contribution in [3.8, 4) is 0 Å². The summed E-state index contributed by atoms with van der Waals surface area (Å²) in [6.45, 7) is 11.7. The van der Waals surface area contributed by atoms with E-state index in [0.717, 1.165) is 19.6 Å². The molecule has 0 radical (unpaired) electrons. The molecule has 2 aliphatic rings. The quantitative estimate of drug-likeness (QED) is 0.903. The van der Waals surface area contributed by atoms with Crippen molar-refractivity contribution in [1.29, 1.82) is 0 Å². The maximum atomic E-state index is 3.47. The first-order valence-electron chi connectivity index (χ1n) is 8.11. The molecule has 3 rings (SSSR count). The molecule has 20 heavy (non-hydrogen) atoms. The van der Waals surface area contributed by atoms with Gasteiger partial charge >= 0.3 is 0 Å². The topological polar surface area (TPSA) is 18.5 Å². The van der Waals surface area contributed by atoms with Gasteiger partial charge in [-0.2, -0.15) is 0 Å². The van der Waals surface area contributed by atoms with Gasteiger partial charge in [-0.05, 0) is 42.6 Å². The molecule has 0 saturated carbocycles. The Morgan fingerprint density at radius 1 is 1.05 bits per heavy atom. The van der Waals surface area contributed by atoms with Crippen molar-refractivity contribution in [1.82, 2.24) is 15.1 Å². The summed E-state index contributed by atoms with van der Waals surface area (Å²) in [6.07, 6.45) is 2.46. The zero-order valence-electron chi connectivity index (χ0n) is 12.7. The third-order valence-corrected chi connectivity index (χ3v) is 4.57. The van der Waals surface area contributed by atoms with Crippen LogP contribution in [-0.4, -0.2) is 49.1 Å². The molecule has 2 heterocycles. The van der Waals surface area contributed by atoms with E-state index in [9.17, 15) is 0 Å². The van der Waals surface area contributed by atoms with Crippen molar-refractivity contribution < 1.29 is 0 Å². The highest BCUT2D eigenvalue weighted by molar-refractivity contribution is 5.33. The molecule has 2 aliphatic heterocycles. The molecule has 1 aromatic rings. The average molecular weight is 273 g/mol. The molecule has 3 heteroatoms. The van der Waals surface area contributed by atoms with E-state index in [-0.39, 0.29) is 0 Å². The predicted molar refractivity (Wildman–Crippen MR) is 83.9 cm³/mol. The molecular formula is C17H27N3. The van der Waals surface area contributed by atoms with E-state index in [4.69, 9.17) is 0 Å². The summed E-state index contributed by atoms with van der Waals surface area (Å²) in [5, 5.41) is 3.47. The number of nitrogens with zero attached hydrogens (tertiary/aromatic N) is 2. The third kappa shape index (κ3) is 3.40. The van der Waals surface area contributed by atoms with Gasteiger partial charge in [0.2, 0.25) is 0 Å². The molecule has 0 aliphatic carbocycles. The number of hydrogen-bond donors (Lipinski definition) is 1. The molecule has 0 amide bonds. The van der Waals surface area contributed by atoms with Gasteiger partial charge in [0.15, 0.2) is 0 Å². The second-order valence-electron chi connectivity index (χ2n) is 6.15. The summed E-state index contributed by atoms with van der Waals surface area (Å²) in [5.74, 6) is 0. The monoisotopic (exact) mass is 273 g/mol. The SMILES string of the molecule is CCCN1CCN(Cc2ccc3c(c2)CNCC3)CC1. The van der Waals surface area contributed by atoms with Crippen molar-refractivity contribution >= 4 is 0 Å². The molecule has 0 spiro atoms. The number of rotatable bonds is 4. The van der Waals surface area contributed by atoms with Crippen LogP contribution in [0.3, 0.4) is 0 Å². The number of nitrogens with one attached hydrogen (secondary N) is 1. The largest absolute Gasteiger partial charge is 0.312 e. The standard InChI is InChI=1S/C17H27N3/c1-2-7-19-8-10-20(11-9-19)14-15-3-4-16-5-6-18-13-17(16)12-15/h3-4,12,18H,2,5-11,13-14H2,1H3. The lowest BCUT2D eigenvalue weighted by molar-refractivity contribution is 0.127. The first kappa shape index (κ1) is 14.1. The summed E-state index contributed by atoms with van der Waals surface area (Å²) >= 11 is 0. The molecule has 0 unspecified atom stereocenters. The molecule has 0 atom stereocenters. The van der Waals surface area contributed by atoms with Crippen LogP contribution in [-0.2, 0) is 19.5 Å². The maximum absolute atomic E-state index is 3.47. The fraction of sp³-hybridized carbons (Fsp3) is 0.647. The minimum absolute atomic E-state index is 1.05. The van der Waals surface area contributed by atoms with Gasteiger partial charge in [-0.25, -0.2) is 0 Å². The summed E-state index contributed by atoms with van der Waals surface area (Å²) in [6, 6.07) is 7.10. The van der Waals surface area contributed by atoms with Crippen LogP contribution in [0.5, 0.6) is 0 Å². The van der Waals surface area contributed by atoms with Crippen LogP contribution in [0.4, 0.5) is 0 Å². The number of fused-ring (bicyclic) bond motifs is 1. The van der Waals surface area contributed by atoms with Gasteiger partial charge in [0, 0.05) is 39.3 Å². The summed E-state index contributed by atoms with van der Waals surface area (Å²) in [4.78, 5) is 5.19. The van der Waals surface area contributed by atoms with Crippen molar-refractivity contribution in [2.24, 2.45) is 0 Å². The van der Waals surface area contributed by atoms with Gasteiger partial charge < -0.3 is 10.2 Å². The van der Waals surface area contributed by atoms with E-state index >= 15 is 0 Å². The minimum atomic E-state index is 1.05. The van der Waals surface area contributed by atoms with E-state index in [1.807, 2.05) is 0 Å². The van der Waals surface area contributed by atoms with Gasteiger partial charge in [0.05, 0.1) is 0 Å². The van der Waals surface area contributed by atoms with Crippen molar-refractivity contribution in [2.45, 2.75) is 32.9 Å². The highest BCUT2D eigenvalue weighted by atomic mass is 15.3. The zero-order chi connectivity index (χ0) is 13.8. The lowest BCUT2D eigenvalue weighted by Gasteiger charge is -2.34. The third-order valence-electron chi connectivity index (χ3n) is 4.57. The van der Waals surface area contributed by atoms with Crippen molar-refractivity contribution in [3.63, 3.8) is 0 Å².